The van der Waals surface area contributed by atoms with E-state index in [1.165, 1.54) is 12.8 Å². The zero-order valence-electron chi connectivity index (χ0n) is 18.2. The highest BCUT2D eigenvalue weighted by Crippen LogP contribution is 2.33. The Labute approximate surface area is 196 Å². The molecule has 1 saturated carbocycles. The Kier molecular flexibility index (Phi) is 8.66. The number of halogens is 2. The molecular weight excluding hydrogens is 457 g/mol. The van der Waals surface area contributed by atoms with Crippen LogP contribution in [-0.4, -0.2) is 67.5 Å². The Hall–Kier alpha value is -0.860. The van der Waals surface area contributed by atoms with Crippen LogP contribution < -0.4 is 5.32 Å². The van der Waals surface area contributed by atoms with Crippen LogP contribution in [0.4, 0.5) is 0 Å². The molecule has 9 heteroatoms. The molecule has 0 unspecified atom stereocenters. The van der Waals surface area contributed by atoms with Gasteiger partial charge < -0.3 is 5.32 Å². The second-order valence-electron chi connectivity index (χ2n) is 8.65. The fourth-order valence-corrected chi connectivity index (χ4v) is 6.82. The normalized spacial score (nSPS) is 20.9. The average Bonchev–Trinajstić information content (AvgIpc) is 2.99. The van der Waals surface area contributed by atoms with Crippen LogP contribution in [0.1, 0.15) is 62.2 Å². The summed E-state index contributed by atoms with van der Waals surface area (Å²) in [7, 11) is -3.17. The second kappa shape index (κ2) is 10.8. The van der Waals surface area contributed by atoms with Gasteiger partial charge in [-0.3, -0.25) is 9.69 Å². The summed E-state index contributed by atoms with van der Waals surface area (Å²) in [6.45, 7) is 4.85. The van der Waals surface area contributed by atoms with Crippen LogP contribution in [0.3, 0.4) is 0 Å². The highest BCUT2D eigenvalue weighted by molar-refractivity contribution is 7.89. The number of nitrogens with one attached hydrogen (secondary N) is 1. The minimum absolute atomic E-state index is 0.147. The topological polar surface area (TPSA) is 69.7 Å². The first-order valence-electron chi connectivity index (χ1n) is 11.2. The Morgan fingerprint density at radius 2 is 1.71 bits per heavy atom. The van der Waals surface area contributed by atoms with Crippen LogP contribution in [0.25, 0.3) is 0 Å². The van der Waals surface area contributed by atoms with Gasteiger partial charge in [-0.15, -0.1) is 0 Å². The summed E-state index contributed by atoms with van der Waals surface area (Å²) in [5.41, 5.74) is 0.274. The summed E-state index contributed by atoms with van der Waals surface area (Å²) in [5.74, 6) is 0.00483. The molecule has 31 heavy (non-hydrogen) atoms. The third kappa shape index (κ3) is 6.14. The van der Waals surface area contributed by atoms with Crippen LogP contribution in [0.2, 0.25) is 10.0 Å². The van der Waals surface area contributed by atoms with E-state index in [9.17, 15) is 13.2 Å². The molecule has 3 rings (SSSR count). The molecule has 1 aromatic carbocycles. The molecule has 2 aliphatic rings. The van der Waals surface area contributed by atoms with Crippen molar-refractivity contribution >= 4 is 39.1 Å². The summed E-state index contributed by atoms with van der Waals surface area (Å²) in [6, 6.07) is 4.90. The smallest absolute Gasteiger partial charge is 0.252 e. The van der Waals surface area contributed by atoms with Gasteiger partial charge in [-0.2, -0.15) is 4.31 Å². The van der Waals surface area contributed by atoms with E-state index in [0.29, 0.717) is 54.8 Å². The minimum Gasteiger partial charge on any atom is -0.350 e. The van der Waals surface area contributed by atoms with E-state index in [2.05, 4.69) is 10.2 Å². The fourth-order valence-electron chi connectivity index (χ4n) is 4.83. The number of benzene rings is 1. The Morgan fingerprint density at radius 3 is 2.29 bits per heavy atom. The predicted octanol–water partition coefficient (Wildman–Crippen LogP) is 4.17. The van der Waals surface area contributed by atoms with Gasteiger partial charge in [0.2, 0.25) is 10.0 Å². The maximum atomic E-state index is 12.8. The van der Waals surface area contributed by atoms with Crippen molar-refractivity contribution in [1.29, 1.82) is 0 Å². The van der Waals surface area contributed by atoms with Crippen LogP contribution in [0.5, 0.6) is 0 Å². The van der Waals surface area contributed by atoms with Gasteiger partial charge in [0, 0.05) is 43.3 Å². The van der Waals surface area contributed by atoms with Gasteiger partial charge in [0.1, 0.15) is 0 Å². The summed E-state index contributed by atoms with van der Waals surface area (Å²) < 4.78 is 26.5. The number of amides is 1. The van der Waals surface area contributed by atoms with Gasteiger partial charge in [0.25, 0.3) is 5.91 Å². The number of nitrogens with zero attached hydrogens (tertiary/aromatic N) is 2. The van der Waals surface area contributed by atoms with Gasteiger partial charge in [-0.25, -0.2) is 8.42 Å². The number of sulfonamides is 1. The van der Waals surface area contributed by atoms with Crippen molar-refractivity contribution in [2.24, 2.45) is 0 Å². The van der Waals surface area contributed by atoms with Gasteiger partial charge in [-0.05, 0) is 37.5 Å². The van der Waals surface area contributed by atoms with Crippen LogP contribution >= 0.6 is 23.2 Å². The molecular formula is C22H33Cl2N3O3S. The first-order valence-corrected chi connectivity index (χ1v) is 13.6. The summed E-state index contributed by atoms with van der Waals surface area (Å²) >= 11 is 12.2. The minimum atomic E-state index is -3.17. The zero-order chi connectivity index (χ0) is 22.5. The number of piperazine rings is 1. The van der Waals surface area contributed by atoms with E-state index >= 15 is 0 Å². The van der Waals surface area contributed by atoms with E-state index in [0.717, 1.165) is 25.7 Å². The Morgan fingerprint density at radius 1 is 1.06 bits per heavy atom. The number of hydrogen-bond acceptors (Lipinski definition) is 4. The molecule has 0 spiro atoms. The van der Waals surface area contributed by atoms with Crippen molar-refractivity contribution in [3.8, 4) is 0 Å². The molecule has 0 radical (unpaired) electrons. The molecule has 1 heterocycles. The van der Waals surface area contributed by atoms with Crippen LogP contribution in [0, 0.1) is 0 Å². The number of carbonyl (C=O) groups is 1. The standard InChI is InChI=1S/C22H33Cl2N3O3S/c1-2-15-31(29,30)27-13-11-26(12-14-27)22(9-5-3-4-6-10-22)17-25-21(28)19-8-7-18(23)16-20(19)24/h7-8,16H,2-6,9-15,17H2,1H3,(H,25,28). The molecule has 1 aliphatic heterocycles. The van der Waals surface area contributed by atoms with E-state index in [-0.39, 0.29) is 17.2 Å². The molecule has 0 bridgehead atoms. The largest absolute Gasteiger partial charge is 0.350 e. The van der Waals surface area contributed by atoms with Crippen LogP contribution in [0.15, 0.2) is 18.2 Å². The molecule has 1 amide bonds. The molecule has 6 nitrogen and oxygen atoms in total. The molecule has 2 fully saturated rings. The number of hydrogen-bond donors (Lipinski definition) is 1. The molecule has 1 aromatic rings. The Bertz CT molecular complexity index is 863. The van der Waals surface area contributed by atoms with E-state index in [4.69, 9.17) is 23.2 Å². The van der Waals surface area contributed by atoms with E-state index in [1.807, 2.05) is 6.92 Å². The second-order valence-corrected chi connectivity index (χ2v) is 11.6. The quantitative estimate of drug-likeness (QED) is 0.583. The average molecular weight is 490 g/mol. The van der Waals surface area contributed by atoms with Crippen molar-refractivity contribution in [2.75, 3.05) is 38.5 Å². The highest BCUT2D eigenvalue weighted by Gasteiger charge is 2.40. The van der Waals surface area contributed by atoms with E-state index in [1.54, 1.807) is 22.5 Å². The van der Waals surface area contributed by atoms with Crippen molar-refractivity contribution in [2.45, 2.75) is 57.4 Å². The molecule has 0 aromatic heterocycles. The monoisotopic (exact) mass is 489 g/mol. The van der Waals surface area contributed by atoms with Crippen molar-refractivity contribution in [3.05, 3.63) is 33.8 Å². The lowest BCUT2D eigenvalue weighted by atomic mass is 9.87. The van der Waals surface area contributed by atoms with Crippen LogP contribution in [-0.2, 0) is 10.0 Å². The number of carbonyl (C=O) groups excluding carboxylic acids is 1. The molecule has 1 saturated heterocycles. The first kappa shape index (κ1) is 24.8. The summed E-state index contributed by atoms with van der Waals surface area (Å²) in [4.78, 5) is 15.3. The molecule has 1 aliphatic carbocycles. The summed E-state index contributed by atoms with van der Waals surface area (Å²) in [5, 5.41) is 3.96. The van der Waals surface area contributed by atoms with Gasteiger partial charge in [-0.1, -0.05) is 55.8 Å². The maximum absolute atomic E-state index is 12.8. The van der Waals surface area contributed by atoms with Crippen molar-refractivity contribution in [1.82, 2.24) is 14.5 Å². The summed E-state index contributed by atoms with van der Waals surface area (Å²) in [6.07, 6.45) is 7.27. The lowest BCUT2D eigenvalue weighted by Gasteiger charge is -2.47. The molecule has 0 atom stereocenters. The Balaban J connectivity index is 1.70. The first-order chi connectivity index (χ1) is 14.8. The van der Waals surface area contributed by atoms with E-state index < -0.39 is 10.0 Å². The van der Waals surface area contributed by atoms with Gasteiger partial charge in [0.05, 0.1) is 16.3 Å². The molecule has 174 valence electrons. The molecule has 1 N–H and O–H groups in total. The van der Waals surface area contributed by atoms with Gasteiger partial charge >= 0.3 is 0 Å². The van der Waals surface area contributed by atoms with Crippen molar-refractivity contribution < 1.29 is 13.2 Å². The highest BCUT2D eigenvalue weighted by atomic mass is 35.5. The third-order valence-corrected chi connectivity index (χ3v) is 9.18. The SMILES string of the molecule is CCCS(=O)(=O)N1CCN(C2(CNC(=O)c3ccc(Cl)cc3Cl)CCCCCC2)CC1. The van der Waals surface area contributed by atoms with Gasteiger partial charge in [0.15, 0.2) is 0 Å². The zero-order valence-corrected chi connectivity index (χ0v) is 20.5. The predicted molar refractivity (Wildman–Crippen MR) is 126 cm³/mol. The lowest BCUT2D eigenvalue weighted by molar-refractivity contribution is 0.0391. The maximum Gasteiger partial charge on any atom is 0.252 e. The fraction of sp³-hybridized carbons (Fsp3) is 0.682. The third-order valence-electron chi connectivity index (χ3n) is 6.55. The van der Waals surface area contributed by atoms with Crippen molar-refractivity contribution in [3.63, 3.8) is 0 Å². The number of rotatable bonds is 7. The lowest BCUT2D eigenvalue weighted by Crippen LogP contribution is -2.61.